The molecule has 1 saturated heterocycles. The van der Waals surface area contributed by atoms with Crippen molar-refractivity contribution in [2.75, 3.05) is 32.8 Å². The lowest BCUT2D eigenvalue weighted by molar-refractivity contribution is -0.138. The van der Waals surface area contributed by atoms with E-state index in [4.69, 9.17) is 4.74 Å². The average molecular weight is 304 g/mol. The van der Waals surface area contributed by atoms with Gasteiger partial charge in [-0.2, -0.15) is 0 Å². The van der Waals surface area contributed by atoms with Crippen molar-refractivity contribution in [3.63, 3.8) is 0 Å². The second kappa shape index (κ2) is 7.29. The normalized spacial score (nSPS) is 14.9. The first-order valence-electron chi connectivity index (χ1n) is 7.70. The van der Waals surface area contributed by atoms with Crippen LogP contribution in [0.25, 0.3) is 0 Å². The molecule has 0 radical (unpaired) electrons. The van der Waals surface area contributed by atoms with E-state index in [0.29, 0.717) is 39.2 Å². The molecule has 5 heteroatoms. The highest BCUT2D eigenvalue weighted by Gasteiger charge is 2.21. The Morgan fingerprint density at radius 2 is 1.55 bits per heavy atom. The highest BCUT2D eigenvalue weighted by Crippen LogP contribution is 2.16. The Morgan fingerprint density at radius 3 is 2.09 bits per heavy atom. The van der Waals surface area contributed by atoms with Crippen LogP contribution >= 0.6 is 0 Å². The van der Waals surface area contributed by atoms with E-state index in [-0.39, 0.29) is 11.8 Å². The number of rotatable bonds is 4. The molecule has 0 N–H and O–H groups in total. The van der Waals surface area contributed by atoms with Gasteiger partial charge >= 0.3 is 0 Å². The Hall–Kier alpha value is -2.04. The first-order chi connectivity index (χ1) is 10.5. The fourth-order valence-electron chi connectivity index (χ4n) is 2.70. The Bertz CT molecular complexity index is 529. The molecular weight excluding hydrogens is 280 g/mol. The second-order valence-electron chi connectivity index (χ2n) is 5.81. The smallest absolute Gasteiger partial charge is 0.226 e. The van der Waals surface area contributed by atoms with E-state index >= 15 is 0 Å². The van der Waals surface area contributed by atoms with Crippen LogP contribution in [0.4, 0.5) is 0 Å². The number of benzene rings is 1. The van der Waals surface area contributed by atoms with Crippen LogP contribution in [0.3, 0.4) is 0 Å². The summed E-state index contributed by atoms with van der Waals surface area (Å²) in [6.45, 7) is 8.48. The molecule has 5 nitrogen and oxygen atoms in total. The fourth-order valence-corrected chi connectivity index (χ4v) is 2.70. The van der Waals surface area contributed by atoms with Crippen molar-refractivity contribution in [2.24, 2.45) is 0 Å². The number of hydrogen-bond acceptors (Lipinski definition) is 3. The Labute approximate surface area is 131 Å². The maximum absolute atomic E-state index is 12.1. The molecule has 0 aliphatic carbocycles. The van der Waals surface area contributed by atoms with Crippen LogP contribution < -0.4 is 4.74 Å². The lowest BCUT2D eigenvalue weighted by atomic mass is 10.1. The summed E-state index contributed by atoms with van der Waals surface area (Å²) in [4.78, 5) is 27.0. The third kappa shape index (κ3) is 4.48. The maximum Gasteiger partial charge on any atom is 0.226 e. The minimum atomic E-state index is 0.0743. The van der Waals surface area contributed by atoms with E-state index in [1.165, 1.54) is 0 Å². The third-order valence-corrected chi connectivity index (χ3v) is 3.86. The molecule has 120 valence electrons. The number of aryl methyl sites for hydroxylation is 2. The summed E-state index contributed by atoms with van der Waals surface area (Å²) in [5, 5.41) is 0. The zero-order valence-corrected chi connectivity index (χ0v) is 13.6. The summed E-state index contributed by atoms with van der Waals surface area (Å²) in [6, 6.07) is 6.04. The lowest BCUT2D eigenvalue weighted by Gasteiger charge is -2.34. The topological polar surface area (TPSA) is 49.9 Å². The molecular formula is C17H24N2O3. The third-order valence-electron chi connectivity index (χ3n) is 3.86. The quantitative estimate of drug-likeness (QED) is 0.852. The van der Waals surface area contributed by atoms with Gasteiger partial charge in [0.25, 0.3) is 0 Å². The first kappa shape index (κ1) is 16.3. The molecule has 0 atom stereocenters. The molecule has 1 heterocycles. The lowest BCUT2D eigenvalue weighted by Crippen LogP contribution is -2.50. The van der Waals surface area contributed by atoms with Crippen molar-refractivity contribution in [2.45, 2.75) is 27.2 Å². The molecule has 0 unspecified atom stereocenters. The molecule has 1 aromatic carbocycles. The summed E-state index contributed by atoms with van der Waals surface area (Å²) in [5.41, 5.74) is 2.31. The van der Waals surface area contributed by atoms with Gasteiger partial charge in [0.15, 0.2) is 0 Å². The van der Waals surface area contributed by atoms with E-state index < -0.39 is 0 Å². The van der Waals surface area contributed by atoms with Crippen molar-refractivity contribution >= 4 is 11.8 Å². The number of nitrogens with zero attached hydrogens (tertiary/aromatic N) is 2. The standard InChI is InChI=1S/C17H24N2O3/c1-13-10-14(2)12-16(11-13)22-9-4-17(21)19-7-5-18(6-8-19)15(3)20/h10-12H,4-9H2,1-3H3. The number of piperazine rings is 1. The summed E-state index contributed by atoms with van der Waals surface area (Å²) < 4.78 is 5.68. The van der Waals surface area contributed by atoms with Crippen molar-refractivity contribution in [3.05, 3.63) is 29.3 Å². The molecule has 22 heavy (non-hydrogen) atoms. The minimum absolute atomic E-state index is 0.0743. The van der Waals surface area contributed by atoms with Crippen LogP contribution in [0.5, 0.6) is 5.75 Å². The van der Waals surface area contributed by atoms with Crippen molar-refractivity contribution in [1.29, 1.82) is 0 Å². The summed E-state index contributed by atoms with van der Waals surface area (Å²) in [7, 11) is 0. The van der Waals surface area contributed by atoms with Gasteiger partial charge in [0.05, 0.1) is 13.0 Å². The molecule has 0 bridgehead atoms. The van der Waals surface area contributed by atoms with Gasteiger partial charge in [-0.25, -0.2) is 0 Å². The van der Waals surface area contributed by atoms with E-state index in [9.17, 15) is 9.59 Å². The fraction of sp³-hybridized carbons (Fsp3) is 0.529. The van der Waals surface area contributed by atoms with E-state index in [1.54, 1.807) is 11.8 Å². The van der Waals surface area contributed by atoms with Crippen molar-refractivity contribution < 1.29 is 14.3 Å². The molecule has 2 rings (SSSR count). The van der Waals surface area contributed by atoms with Gasteiger partial charge in [-0.15, -0.1) is 0 Å². The Balaban J connectivity index is 1.75. The van der Waals surface area contributed by atoms with Crippen LogP contribution in [-0.4, -0.2) is 54.4 Å². The highest BCUT2D eigenvalue weighted by molar-refractivity contribution is 5.77. The number of carbonyl (C=O) groups is 2. The van der Waals surface area contributed by atoms with Gasteiger partial charge in [0, 0.05) is 33.1 Å². The Kier molecular flexibility index (Phi) is 5.41. The zero-order valence-electron chi connectivity index (χ0n) is 13.6. The molecule has 1 fully saturated rings. The average Bonchev–Trinajstić information content (AvgIpc) is 2.46. The summed E-state index contributed by atoms with van der Waals surface area (Å²) >= 11 is 0. The summed E-state index contributed by atoms with van der Waals surface area (Å²) in [6.07, 6.45) is 0.368. The Morgan fingerprint density at radius 1 is 1.00 bits per heavy atom. The van der Waals surface area contributed by atoms with Crippen molar-refractivity contribution in [1.82, 2.24) is 9.80 Å². The van der Waals surface area contributed by atoms with Gasteiger partial charge in [-0.05, 0) is 37.1 Å². The van der Waals surface area contributed by atoms with Crippen molar-refractivity contribution in [3.8, 4) is 5.75 Å². The molecule has 0 aromatic heterocycles. The number of amides is 2. The van der Waals surface area contributed by atoms with Gasteiger partial charge in [0.1, 0.15) is 5.75 Å². The van der Waals surface area contributed by atoms with Crippen LogP contribution in [-0.2, 0) is 9.59 Å². The number of hydrogen-bond donors (Lipinski definition) is 0. The predicted octanol–water partition coefficient (Wildman–Crippen LogP) is 1.76. The van der Waals surface area contributed by atoms with Gasteiger partial charge in [0.2, 0.25) is 11.8 Å². The SMILES string of the molecule is CC(=O)N1CCN(C(=O)CCOc2cc(C)cc(C)c2)CC1. The highest BCUT2D eigenvalue weighted by atomic mass is 16.5. The van der Waals surface area contributed by atoms with Crippen LogP contribution in [0.15, 0.2) is 18.2 Å². The molecule has 0 spiro atoms. The second-order valence-corrected chi connectivity index (χ2v) is 5.81. The molecule has 1 aliphatic heterocycles. The monoisotopic (exact) mass is 304 g/mol. The number of ether oxygens (including phenoxy) is 1. The maximum atomic E-state index is 12.1. The minimum Gasteiger partial charge on any atom is -0.493 e. The van der Waals surface area contributed by atoms with Crippen LogP contribution in [0, 0.1) is 13.8 Å². The van der Waals surface area contributed by atoms with E-state index in [2.05, 4.69) is 6.07 Å². The van der Waals surface area contributed by atoms with Gasteiger partial charge in [-0.3, -0.25) is 9.59 Å². The van der Waals surface area contributed by atoms with Gasteiger partial charge in [-0.1, -0.05) is 6.07 Å². The van der Waals surface area contributed by atoms with Crippen LogP contribution in [0.2, 0.25) is 0 Å². The van der Waals surface area contributed by atoms with E-state index in [0.717, 1.165) is 16.9 Å². The molecule has 2 amide bonds. The molecule has 1 aliphatic rings. The number of carbonyl (C=O) groups excluding carboxylic acids is 2. The van der Waals surface area contributed by atoms with Crippen LogP contribution in [0.1, 0.15) is 24.5 Å². The molecule has 1 aromatic rings. The predicted molar refractivity (Wildman–Crippen MR) is 84.9 cm³/mol. The zero-order chi connectivity index (χ0) is 16.1. The van der Waals surface area contributed by atoms with E-state index in [1.807, 2.05) is 30.9 Å². The molecule has 0 saturated carbocycles. The summed E-state index contributed by atoms with van der Waals surface area (Å²) in [5.74, 6) is 0.976. The largest absolute Gasteiger partial charge is 0.493 e. The van der Waals surface area contributed by atoms with Gasteiger partial charge < -0.3 is 14.5 Å². The first-order valence-corrected chi connectivity index (χ1v) is 7.70.